The van der Waals surface area contributed by atoms with Gasteiger partial charge in [0.15, 0.2) is 5.13 Å². The molecule has 1 aromatic heterocycles. The molecule has 1 amide bonds. The highest BCUT2D eigenvalue weighted by molar-refractivity contribution is 7.22. The van der Waals surface area contributed by atoms with Gasteiger partial charge in [-0.05, 0) is 50.1 Å². The number of aryl methyl sites for hydroxylation is 3. The highest BCUT2D eigenvalue weighted by atomic mass is 32.1. The van der Waals surface area contributed by atoms with Gasteiger partial charge < -0.3 is 9.80 Å². The van der Waals surface area contributed by atoms with Gasteiger partial charge in [0.1, 0.15) is 0 Å². The van der Waals surface area contributed by atoms with Gasteiger partial charge in [-0.25, -0.2) is 4.98 Å². The first-order valence-corrected chi connectivity index (χ1v) is 9.82. The number of carbonyl (C=O) groups excluding carboxylic acids is 1. The number of carbonyl (C=O) groups is 1. The van der Waals surface area contributed by atoms with E-state index in [1.54, 1.807) is 11.3 Å². The van der Waals surface area contributed by atoms with Crippen LogP contribution < -0.4 is 4.90 Å². The van der Waals surface area contributed by atoms with Gasteiger partial charge in [0.2, 0.25) is 0 Å². The Bertz CT molecular complexity index is 971. The minimum absolute atomic E-state index is 0.129. The van der Waals surface area contributed by atoms with Crippen molar-refractivity contribution in [2.75, 3.05) is 31.1 Å². The van der Waals surface area contributed by atoms with Crippen molar-refractivity contribution in [2.45, 2.75) is 20.8 Å². The van der Waals surface area contributed by atoms with E-state index in [1.165, 1.54) is 15.8 Å². The average Bonchev–Trinajstić information content (AvgIpc) is 3.09. The molecule has 0 radical (unpaired) electrons. The minimum Gasteiger partial charge on any atom is -0.345 e. The first-order chi connectivity index (χ1) is 12.5. The third-order valence-electron chi connectivity index (χ3n) is 5.18. The molecule has 0 bridgehead atoms. The molecule has 4 rings (SSSR count). The molecule has 4 nitrogen and oxygen atoms in total. The fourth-order valence-electron chi connectivity index (χ4n) is 3.41. The summed E-state index contributed by atoms with van der Waals surface area (Å²) >= 11 is 1.75. The van der Waals surface area contributed by atoms with Crippen LogP contribution >= 0.6 is 11.3 Å². The Kier molecular flexibility index (Phi) is 4.41. The molecule has 2 heterocycles. The van der Waals surface area contributed by atoms with Crippen molar-refractivity contribution < 1.29 is 4.79 Å². The van der Waals surface area contributed by atoms with Crippen molar-refractivity contribution in [2.24, 2.45) is 0 Å². The molecule has 1 aliphatic rings. The number of aromatic nitrogens is 1. The van der Waals surface area contributed by atoms with Crippen LogP contribution in [0.1, 0.15) is 27.0 Å². The van der Waals surface area contributed by atoms with Crippen LogP contribution in [0, 0.1) is 20.8 Å². The van der Waals surface area contributed by atoms with Crippen molar-refractivity contribution in [3.8, 4) is 0 Å². The van der Waals surface area contributed by atoms with E-state index in [2.05, 4.69) is 30.9 Å². The van der Waals surface area contributed by atoms with Crippen LogP contribution in [-0.4, -0.2) is 42.0 Å². The molecule has 0 atom stereocenters. The van der Waals surface area contributed by atoms with E-state index >= 15 is 0 Å². The normalized spacial score (nSPS) is 14.9. The number of anilines is 1. The van der Waals surface area contributed by atoms with Crippen molar-refractivity contribution in [1.82, 2.24) is 9.88 Å². The van der Waals surface area contributed by atoms with Crippen LogP contribution in [0.2, 0.25) is 0 Å². The predicted octanol–water partition coefficient (Wildman–Crippen LogP) is 4.18. The van der Waals surface area contributed by atoms with E-state index in [4.69, 9.17) is 4.98 Å². The van der Waals surface area contributed by atoms with Gasteiger partial charge in [-0.15, -0.1) is 0 Å². The fourth-order valence-corrected chi connectivity index (χ4v) is 4.49. The number of rotatable bonds is 2. The number of thiazole rings is 1. The van der Waals surface area contributed by atoms with Crippen molar-refractivity contribution >= 4 is 32.6 Å². The van der Waals surface area contributed by atoms with E-state index in [1.807, 2.05) is 36.1 Å². The molecular weight excluding hydrogens is 342 g/mol. The molecular formula is C21H23N3OS. The molecule has 5 heteroatoms. The first-order valence-electron chi connectivity index (χ1n) is 9.00. The molecule has 0 unspecified atom stereocenters. The standard InChI is InChI=1S/C21H23N3OS/c1-14-5-4-6-17(13-14)20(25)23-9-11-24(12-10-23)21-22-19-16(3)15(2)7-8-18(19)26-21/h4-8,13H,9-12H2,1-3H3. The molecule has 134 valence electrons. The topological polar surface area (TPSA) is 36.4 Å². The van der Waals surface area contributed by atoms with Gasteiger partial charge >= 0.3 is 0 Å². The summed E-state index contributed by atoms with van der Waals surface area (Å²) < 4.78 is 1.24. The Morgan fingerprint density at radius 3 is 2.54 bits per heavy atom. The number of piperazine rings is 1. The van der Waals surface area contributed by atoms with Crippen molar-refractivity contribution in [1.29, 1.82) is 0 Å². The summed E-state index contributed by atoms with van der Waals surface area (Å²) in [7, 11) is 0. The molecule has 2 aromatic carbocycles. The zero-order chi connectivity index (χ0) is 18.3. The van der Waals surface area contributed by atoms with Crippen molar-refractivity contribution in [3.05, 3.63) is 58.7 Å². The molecule has 1 saturated heterocycles. The Morgan fingerprint density at radius 1 is 1.04 bits per heavy atom. The molecule has 0 spiro atoms. The lowest BCUT2D eigenvalue weighted by Gasteiger charge is -2.34. The van der Waals surface area contributed by atoms with Crippen LogP contribution in [-0.2, 0) is 0 Å². The number of fused-ring (bicyclic) bond motifs is 1. The summed E-state index contributed by atoms with van der Waals surface area (Å²) in [4.78, 5) is 21.8. The Balaban J connectivity index is 1.48. The van der Waals surface area contributed by atoms with E-state index in [9.17, 15) is 4.79 Å². The highest BCUT2D eigenvalue weighted by Gasteiger charge is 2.24. The van der Waals surface area contributed by atoms with Gasteiger partial charge in [-0.3, -0.25) is 4.79 Å². The number of benzene rings is 2. The number of hydrogen-bond donors (Lipinski definition) is 0. The van der Waals surface area contributed by atoms with Gasteiger partial charge in [0, 0.05) is 31.7 Å². The molecule has 1 aliphatic heterocycles. The second-order valence-electron chi connectivity index (χ2n) is 7.00. The second-order valence-corrected chi connectivity index (χ2v) is 8.01. The monoisotopic (exact) mass is 365 g/mol. The van der Waals surface area contributed by atoms with Crippen LogP contribution in [0.4, 0.5) is 5.13 Å². The van der Waals surface area contributed by atoms with Gasteiger partial charge in [-0.1, -0.05) is 35.1 Å². The zero-order valence-electron chi connectivity index (χ0n) is 15.5. The Hall–Kier alpha value is -2.40. The number of hydrogen-bond acceptors (Lipinski definition) is 4. The highest BCUT2D eigenvalue weighted by Crippen LogP contribution is 2.32. The van der Waals surface area contributed by atoms with E-state index < -0.39 is 0 Å². The molecule has 0 N–H and O–H groups in total. The quantitative estimate of drug-likeness (QED) is 0.683. The van der Waals surface area contributed by atoms with Crippen LogP contribution in [0.5, 0.6) is 0 Å². The summed E-state index contributed by atoms with van der Waals surface area (Å²) in [5, 5.41) is 1.07. The molecule has 0 aliphatic carbocycles. The fraction of sp³-hybridized carbons (Fsp3) is 0.333. The lowest BCUT2D eigenvalue weighted by molar-refractivity contribution is 0.0746. The molecule has 3 aromatic rings. The lowest BCUT2D eigenvalue weighted by atomic mass is 10.1. The largest absolute Gasteiger partial charge is 0.345 e. The summed E-state index contributed by atoms with van der Waals surface area (Å²) in [5.74, 6) is 0.129. The molecule has 0 saturated carbocycles. The Morgan fingerprint density at radius 2 is 1.81 bits per heavy atom. The van der Waals surface area contributed by atoms with Gasteiger partial charge in [0.25, 0.3) is 5.91 Å². The van der Waals surface area contributed by atoms with Gasteiger partial charge in [0.05, 0.1) is 10.2 Å². The summed E-state index contributed by atoms with van der Waals surface area (Å²) in [6, 6.07) is 12.2. The van der Waals surface area contributed by atoms with Crippen molar-refractivity contribution in [3.63, 3.8) is 0 Å². The smallest absolute Gasteiger partial charge is 0.253 e. The van der Waals surface area contributed by atoms with E-state index in [0.717, 1.165) is 48.0 Å². The molecule has 1 fully saturated rings. The zero-order valence-corrected chi connectivity index (χ0v) is 16.3. The van der Waals surface area contributed by atoms with Crippen LogP contribution in [0.15, 0.2) is 36.4 Å². The Labute approximate surface area is 158 Å². The maximum atomic E-state index is 12.7. The predicted molar refractivity (Wildman–Crippen MR) is 108 cm³/mol. The SMILES string of the molecule is Cc1cccc(C(=O)N2CCN(c3nc4c(C)c(C)ccc4s3)CC2)c1. The molecule has 26 heavy (non-hydrogen) atoms. The maximum Gasteiger partial charge on any atom is 0.253 e. The lowest BCUT2D eigenvalue weighted by Crippen LogP contribution is -2.48. The average molecular weight is 366 g/mol. The summed E-state index contributed by atoms with van der Waals surface area (Å²) in [6.07, 6.45) is 0. The summed E-state index contributed by atoms with van der Waals surface area (Å²) in [6.45, 7) is 9.42. The third kappa shape index (κ3) is 3.07. The second kappa shape index (κ2) is 6.72. The van der Waals surface area contributed by atoms with E-state index in [0.29, 0.717) is 0 Å². The number of nitrogens with zero attached hydrogens (tertiary/aromatic N) is 3. The number of amides is 1. The van der Waals surface area contributed by atoms with Crippen LogP contribution in [0.25, 0.3) is 10.2 Å². The van der Waals surface area contributed by atoms with E-state index in [-0.39, 0.29) is 5.91 Å². The minimum atomic E-state index is 0.129. The van der Waals surface area contributed by atoms with Crippen LogP contribution in [0.3, 0.4) is 0 Å². The maximum absolute atomic E-state index is 12.7. The first kappa shape index (κ1) is 17.0. The van der Waals surface area contributed by atoms with Gasteiger partial charge in [-0.2, -0.15) is 0 Å². The summed E-state index contributed by atoms with van der Waals surface area (Å²) in [5.41, 5.74) is 5.56. The third-order valence-corrected chi connectivity index (χ3v) is 6.26.